The molecule has 0 amide bonds. The van der Waals surface area contributed by atoms with Crippen LogP contribution in [0.1, 0.15) is 70.3 Å². The van der Waals surface area contributed by atoms with E-state index < -0.39 is 0 Å². The number of piperidine rings is 1. The summed E-state index contributed by atoms with van der Waals surface area (Å²) in [7, 11) is 0. The van der Waals surface area contributed by atoms with E-state index in [0.717, 1.165) is 62.2 Å². The van der Waals surface area contributed by atoms with Gasteiger partial charge in [-0.1, -0.05) is 49.9 Å². The van der Waals surface area contributed by atoms with Gasteiger partial charge in [-0.2, -0.15) is 9.97 Å². The molecule has 1 atom stereocenters. The molecule has 5 rings (SSSR count). The third-order valence-corrected chi connectivity index (χ3v) is 8.69. The maximum Gasteiger partial charge on any atom is 0.232 e. The van der Waals surface area contributed by atoms with Crippen LogP contribution in [0.5, 0.6) is 0 Å². The highest BCUT2D eigenvalue weighted by Gasteiger charge is 2.34. The van der Waals surface area contributed by atoms with Crippen LogP contribution in [0.4, 0.5) is 17.6 Å². The van der Waals surface area contributed by atoms with E-state index in [1.807, 2.05) is 12.1 Å². The second-order valence-corrected chi connectivity index (χ2v) is 11.8. The maximum atomic E-state index is 6.18. The molecule has 3 aliphatic rings. The van der Waals surface area contributed by atoms with Gasteiger partial charge in [-0.05, 0) is 74.4 Å². The van der Waals surface area contributed by atoms with Crippen LogP contribution in [0.25, 0.3) is 0 Å². The van der Waals surface area contributed by atoms with Crippen LogP contribution in [0.2, 0.25) is 5.02 Å². The Morgan fingerprint density at radius 1 is 0.972 bits per heavy atom. The van der Waals surface area contributed by atoms with Crippen LogP contribution in [-0.2, 0) is 5.41 Å². The molecule has 0 bridgehead atoms. The van der Waals surface area contributed by atoms with Crippen molar-refractivity contribution in [3.05, 3.63) is 40.9 Å². The van der Waals surface area contributed by atoms with E-state index in [1.165, 1.54) is 50.5 Å². The molecule has 2 aromatic rings. The zero-order valence-corrected chi connectivity index (χ0v) is 23.0. The van der Waals surface area contributed by atoms with Gasteiger partial charge < -0.3 is 20.4 Å². The van der Waals surface area contributed by atoms with Crippen LogP contribution in [0.3, 0.4) is 0 Å². The molecule has 1 aromatic carbocycles. The average molecular weight is 527 g/mol. The number of benzene rings is 1. The number of nitrogens with one attached hydrogen (secondary N) is 2. The Balaban J connectivity index is 1.31. The summed E-state index contributed by atoms with van der Waals surface area (Å²) >= 11 is 12.0. The van der Waals surface area contributed by atoms with Crippen molar-refractivity contribution in [1.29, 1.82) is 0 Å². The molecule has 2 aliphatic heterocycles. The highest BCUT2D eigenvalue weighted by atomic mass is 35.5. The largest absolute Gasteiger partial charge is 0.361 e. The number of halogens is 1. The second-order valence-electron chi connectivity index (χ2n) is 11.0. The van der Waals surface area contributed by atoms with Crippen molar-refractivity contribution in [3.63, 3.8) is 0 Å². The second kappa shape index (κ2) is 11.5. The normalized spacial score (nSPS) is 21.9. The van der Waals surface area contributed by atoms with Gasteiger partial charge in [0.05, 0.1) is 0 Å². The predicted molar refractivity (Wildman–Crippen MR) is 155 cm³/mol. The fourth-order valence-corrected chi connectivity index (χ4v) is 6.43. The molecule has 8 heteroatoms. The maximum absolute atomic E-state index is 6.18. The summed E-state index contributed by atoms with van der Waals surface area (Å²) in [5.74, 6) is 3.29. The van der Waals surface area contributed by atoms with Gasteiger partial charge in [-0.25, -0.2) is 0 Å². The first-order valence-electron chi connectivity index (χ1n) is 13.7. The van der Waals surface area contributed by atoms with Crippen molar-refractivity contribution in [2.45, 2.75) is 70.1 Å². The van der Waals surface area contributed by atoms with Crippen LogP contribution in [-0.4, -0.2) is 47.8 Å². The number of hydrogen-bond acceptors (Lipinski definition) is 5. The summed E-state index contributed by atoms with van der Waals surface area (Å²) in [5.41, 5.74) is 1.41. The number of thiocarbonyl (C=S) groups is 1. The summed E-state index contributed by atoms with van der Waals surface area (Å²) < 4.78 is 0. The van der Waals surface area contributed by atoms with Gasteiger partial charge in [0, 0.05) is 49.2 Å². The third kappa shape index (κ3) is 6.05. The third-order valence-electron chi connectivity index (χ3n) is 8.19. The fourth-order valence-electron chi connectivity index (χ4n) is 6.14. The highest BCUT2D eigenvalue weighted by Crippen LogP contribution is 2.39. The quantitative estimate of drug-likeness (QED) is 0.437. The van der Waals surface area contributed by atoms with Crippen molar-refractivity contribution in [3.8, 4) is 0 Å². The van der Waals surface area contributed by atoms with Gasteiger partial charge in [0.2, 0.25) is 5.95 Å². The molecule has 0 unspecified atom stereocenters. The Morgan fingerprint density at radius 3 is 2.33 bits per heavy atom. The number of rotatable bonds is 6. The zero-order valence-electron chi connectivity index (χ0n) is 21.4. The van der Waals surface area contributed by atoms with Crippen LogP contribution >= 0.6 is 23.8 Å². The fraction of sp³-hybridized carbons (Fsp3) is 0.607. The summed E-state index contributed by atoms with van der Waals surface area (Å²) in [4.78, 5) is 14.6. The van der Waals surface area contributed by atoms with Gasteiger partial charge in [0.1, 0.15) is 11.6 Å². The lowest BCUT2D eigenvalue weighted by molar-refractivity contribution is 0.292. The van der Waals surface area contributed by atoms with Crippen molar-refractivity contribution < 1.29 is 0 Å². The van der Waals surface area contributed by atoms with Crippen LogP contribution in [0, 0.1) is 5.92 Å². The Labute approximate surface area is 226 Å². The Kier molecular flexibility index (Phi) is 8.16. The van der Waals surface area contributed by atoms with E-state index >= 15 is 0 Å². The molecule has 194 valence electrons. The smallest absolute Gasteiger partial charge is 0.232 e. The number of anilines is 3. The first kappa shape index (κ1) is 25.5. The Hall–Kier alpha value is -2.12. The lowest BCUT2D eigenvalue weighted by atomic mass is 9.69. The van der Waals surface area contributed by atoms with E-state index in [2.05, 4.69) is 45.6 Å². The van der Waals surface area contributed by atoms with Gasteiger partial charge in [-0.3, -0.25) is 0 Å². The first-order valence-corrected chi connectivity index (χ1v) is 14.5. The van der Waals surface area contributed by atoms with Crippen molar-refractivity contribution in [2.24, 2.45) is 5.92 Å². The molecular formula is C28H39ClN6S. The van der Waals surface area contributed by atoms with Gasteiger partial charge in [0.25, 0.3) is 0 Å². The standard InChI is InChI=1S/C28H39ClN6S/c1-21-8-7-17-35(19-21)25-18-24(34-15-5-6-16-34)31-26(32-25)33-27(36)30-20-28(13-3-2-4-14-28)22-9-11-23(29)12-10-22/h9-12,18,21H,2-8,13-17,19-20H2,1H3,(H2,30,31,32,33,36)/t21-/m0/s1. The van der Waals surface area contributed by atoms with Gasteiger partial charge in [-0.15, -0.1) is 0 Å². The molecule has 1 aromatic heterocycles. The van der Waals surface area contributed by atoms with E-state index in [0.29, 0.717) is 17.0 Å². The molecule has 2 N–H and O–H groups in total. The van der Waals surface area contributed by atoms with Crippen molar-refractivity contribution >= 4 is 46.5 Å². The highest BCUT2D eigenvalue weighted by molar-refractivity contribution is 7.80. The molecule has 0 radical (unpaired) electrons. The lowest BCUT2D eigenvalue weighted by Gasteiger charge is -2.38. The van der Waals surface area contributed by atoms with Gasteiger partial charge >= 0.3 is 0 Å². The number of nitrogens with zero attached hydrogens (tertiary/aromatic N) is 4. The van der Waals surface area contributed by atoms with Crippen LogP contribution < -0.4 is 20.4 Å². The Morgan fingerprint density at radius 2 is 1.64 bits per heavy atom. The molecule has 1 saturated carbocycles. The summed E-state index contributed by atoms with van der Waals surface area (Å²) in [6, 6.07) is 10.5. The van der Waals surface area contributed by atoms with E-state index in [4.69, 9.17) is 33.8 Å². The minimum absolute atomic E-state index is 0.0714. The monoisotopic (exact) mass is 526 g/mol. The van der Waals surface area contributed by atoms with Gasteiger partial charge in [0.15, 0.2) is 5.11 Å². The summed E-state index contributed by atoms with van der Waals surface area (Å²) in [5, 5.41) is 8.24. The van der Waals surface area contributed by atoms with Crippen LogP contribution in [0.15, 0.2) is 30.3 Å². The SMILES string of the molecule is C[C@H]1CCCN(c2cc(N3CCCC3)nc(NC(=S)NCC3(c4ccc(Cl)cc4)CCCCC3)n2)C1. The van der Waals surface area contributed by atoms with E-state index in [9.17, 15) is 0 Å². The molecule has 3 heterocycles. The minimum atomic E-state index is 0.0714. The molecule has 3 fully saturated rings. The van der Waals surface area contributed by atoms with Crippen molar-refractivity contribution in [2.75, 3.05) is 47.8 Å². The first-order chi connectivity index (χ1) is 17.5. The number of hydrogen-bond donors (Lipinski definition) is 2. The summed E-state index contributed by atoms with van der Waals surface area (Å²) in [6.45, 7) is 7.32. The number of aromatic nitrogens is 2. The topological polar surface area (TPSA) is 56.3 Å². The molecule has 6 nitrogen and oxygen atoms in total. The zero-order chi connectivity index (χ0) is 25.0. The molecule has 2 saturated heterocycles. The molecule has 36 heavy (non-hydrogen) atoms. The van der Waals surface area contributed by atoms with E-state index in [-0.39, 0.29) is 5.41 Å². The Bertz CT molecular complexity index is 1030. The lowest BCUT2D eigenvalue weighted by Crippen LogP contribution is -2.43. The predicted octanol–water partition coefficient (Wildman–Crippen LogP) is 6.16. The summed E-state index contributed by atoms with van der Waals surface area (Å²) in [6.07, 6.45) is 11.0. The average Bonchev–Trinajstić information content (AvgIpc) is 3.44. The molecule has 1 aliphatic carbocycles. The molecule has 0 spiro atoms. The van der Waals surface area contributed by atoms with E-state index in [1.54, 1.807) is 0 Å². The van der Waals surface area contributed by atoms with Crippen molar-refractivity contribution in [1.82, 2.24) is 15.3 Å². The minimum Gasteiger partial charge on any atom is -0.361 e. The molecular weight excluding hydrogens is 488 g/mol.